The Morgan fingerprint density at radius 3 is 2.85 bits per heavy atom. The summed E-state index contributed by atoms with van der Waals surface area (Å²) in [5.41, 5.74) is 5.05. The van der Waals surface area contributed by atoms with Crippen LogP contribution >= 0.6 is 0 Å². The minimum atomic E-state index is -0.586. The average Bonchev–Trinajstić information content (AvgIpc) is 2.29. The van der Waals surface area contributed by atoms with Crippen molar-refractivity contribution >= 4 is 11.6 Å². The first-order valence-corrected chi connectivity index (χ1v) is 3.47. The largest absolute Gasteiger partial charge is 0.368 e. The number of hydrogen-bond donors (Lipinski definition) is 1. The van der Waals surface area contributed by atoms with Crippen LogP contribution in [0.1, 0.15) is 5.69 Å². The zero-order chi connectivity index (χ0) is 10.0. The molecule has 0 aromatic carbocycles. The molecule has 0 bridgehead atoms. The number of rotatable bonds is 3. The molecule has 0 spiro atoms. The number of hydrogen-bond acceptors (Lipinski definition) is 4. The Labute approximate surface area is 73.3 Å². The number of carbonyl (C=O) groups is 1. The number of primary amides is 1. The Balaban J connectivity index is 2.95. The van der Waals surface area contributed by atoms with Gasteiger partial charge in [-0.3, -0.25) is 19.6 Å². The minimum absolute atomic E-state index is 0.110. The molecule has 1 heterocycles. The standard InChI is InChI=1S/C6H8N4O3/c1-4-5(10(12)13)2-9(8-4)3-6(7)11/h2H,3H2,1H3,(H2,7,11). The molecule has 0 radical (unpaired) electrons. The van der Waals surface area contributed by atoms with Gasteiger partial charge in [0.05, 0.1) is 4.92 Å². The highest BCUT2D eigenvalue weighted by molar-refractivity contribution is 5.73. The highest BCUT2D eigenvalue weighted by Gasteiger charge is 2.15. The predicted molar refractivity (Wildman–Crippen MR) is 42.8 cm³/mol. The van der Waals surface area contributed by atoms with E-state index in [0.29, 0.717) is 0 Å². The summed E-state index contributed by atoms with van der Waals surface area (Å²) >= 11 is 0. The maximum absolute atomic E-state index is 10.5. The maximum Gasteiger partial charge on any atom is 0.309 e. The quantitative estimate of drug-likeness (QED) is 0.509. The van der Waals surface area contributed by atoms with Crippen molar-refractivity contribution in [2.24, 2.45) is 5.73 Å². The van der Waals surface area contributed by atoms with E-state index >= 15 is 0 Å². The molecule has 70 valence electrons. The van der Waals surface area contributed by atoms with Crippen LogP contribution in [-0.4, -0.2) is 20.6 Å². The first kappa shape index (κ1) is 9.17. The number of nitrogens with two attached hydrogens (primary N) is 1. The third-order valence-corrected chi connectivity index (χ3v) is 1.43. The number of aromatic nitrogens is 2. The van der Waals surface area contributed by atoms with E-state index in [0.717, 1.165) is 4.68 Å². The summed E-state index contributed by atoms with van der Waals surface area (Å²) in [5.74, 6) is -0.586. The summed E-state index contributed by atoms with van der Waals surface area (Å²) in [6, 6.07) is 0. The van der Waals surface area contributed by atoms with Crippen molar-refractivity contribution in [1.82, 2.24) is 9.78 Å². The second kappa shape index (κ2) is 3.21. The molecule has 0 aliphatic heterocycles. The van der Waals surface area contributed by atoms with Crippen LogP contribution in [0.2, 0.25) is 0 Å². The van der Waals surface area contributed by atoms with Gasteiger partial charge in [-0.2, -0.15) is 5.10 Å². The van der Waals surface area contributed by atoms with Crippen LogP contribution in [-0.2, 0) is 11.3 Å². The van der Waals surface area contributed by atoms with Crippen LogP contribution in [0.15, 0.2) is 6.20 Å². The third kappa shape index (κ3) is 2.01. The van der Waals surface area contributed by atoms with Crippen LogP contribution in [0.5, 0.6) is 0 Å². The molecule has 7 nitrogen and oxygen atoms in total. The smallest absolute Gasteiger partial charge is 0.309 e. The molecule has 13 heavy (non-hydrogen) atoms. The highest BCUT2D eigenvalue weighted by Crippen LogP contribution is 2.14. The maximum atomic E-state index is 10.5. The molecular formula is C6H8N4O3. The Morgan fingerprint density at radius 2 is 2.46 bits per heavy atom. The number of carbonyl (C=O) groups excluding carboxylic acids is 1. The first-order chi connectivity index (χ1) is 6.00. The van der Waals surface area contributed by atoms with Gasteiger partial charge in [-0.25, -0.2) is 0 Å². The minimum Gasteiger partial charge on any atom is -0.368 e. The van der Waals surface area contributed by atoms with Gasteiger partial charge in [-0.05, 0) is 6.92 Å². The second-order valence-corrected chi connectivity index (χ2v) is 2.52. The highest BCUT2D eigenvalue weighted by atomic mass is 16.6. The summed E-state index contributed by atoms with van der Waals surface area (Å²) in [6.07, 6.45) is 1.18. The van der Waals surface area contributed by atoms with Crippen LogP contribution in [0.3, 0.4) is 0 Å². The molecule has 0 atom stereocenters. The lowest BCUT2D eigenvalue weighted by Gasteiger charge is -1.92. The van der Waals surface area contributed by atoms with Gasteiger partial charge >= 0.3 is 5.69 Å². The van der Waals surface area contributed by atoms with Crippen molar-refractivity contribution in [3.8, 4) is 0 Å². The fraction of sp³-hybridized carbons (Fsp3) is 0.333. The molecule has 2 N–H and O–H groups in total. The Morgan fingerprint density at radius 1 is 1.85 bits per heavy atom. The third-order valence-electron chi connectivity index (χ3n) is 1.43. The Bertz CT molecular complexity index is 357. The lowest BCUT2D eigenvalue weighted by atomic mass is 10.4. The summed E-state index contributed by atoms with van der Waals surface area (Å²) in [6.45, 7) is 1.35. The number of nitro groups is 1. The molecule has 1 aromatic rings. The van der Waals surface area contributed by atoms with Crippen LogP contribution in [0.25, 0.3) is 0 Å². The van der Waals surface area contributed by atoms with Crippen molar-refractivity contribution in [2.75, 3.05) is 0 Å². The van der Waals surface area contributed by atoms with Gasteiger partial charge in [-0.1, -0.05) is 0 Å². The van der Waals surface area contributed by atoms with E-state index < -0.39 is 10.8 Å². The Hall–Kier alpha value is -1.92. The lowest BCUT2D eigenvalue weighted by Crippen LogP contribution is -2.18. The first-order valence-electron chi connectivity index (χ1n) is 3.47. The monoisotopic (exact) mass is 184 g/mol. The van der Waals surface area contributed by atoms with Crippen molar-refractivity contribution in [3.63, 3.8) is 0 Å². The molecule has 1 aromatic heterocycles. The SMILES string of the molecule is Cc1nn(CC(N)=O)cc1[N+](=O)[O-]. The van der Waals surface area contributed by atoms with Crippen LogP contribution in [0, 0.1) is 17.0 Å². The van der Waals surface area contributed by atoms with Gasteiger partial charge in [0.15, 0.2) is 0 Å². The molecule has 1 rings (SSSR count). The lowest BCUT2D eigenvalue weighted by molar-refractivity contribution is -0.385. The molecule has 0 saturated carbocycles. The fourth-order valence-electron chi connectivity index (χ4n) is 0.927. The van der Waals surface area contributed by atoms with E-state index in [1.165, 1.54) is 13.1 Å². The average molecular weight is 184 g/mol. The van der Waals surface area contributed by atoms with Gasteiger partial charge < -0.3 is 5.73 Å². The summed E-state index contributed by atoms with van der Waals surface area (Å²) in [7, 11) is 0. The van der Waals surface area contributed by atoms with Crippen molar-refractivity contribution in [3.05, 3.63) is 22.0 Å². The topological polar surface area (TPSA) is 104 Å². The van der Waals surface area contributed by atoms with Gasteiger partial charge in [0.2, 0.25) is 5.91 Å². The van der Waals surface area contributed by atoms with E-state index in [2.05, 4.69) is 5.10 Å². The molecular weight excluding hydrogens is 176 g/mol. The van der Waals surface area contributed by atoms with E-state index in [4.69, 9.17) is 5.73 Å². The number of amides is 1. The number of nitrogens with zero attached hydrogens (tertiary/aromatic N) is 3. The fourth-order valence-corrected chi connectivity index (χ4v) is 0.927. The zero-order valence-electron chi connectivity index (χ0n) is 6.93. The van der Waals surface area contributed by atoms with Gasteiger partial charge in [0.25, 0.3) is 0 Å². The normalized spacial score (nSPS) is 9.92. The van der Waals surface area contributed by atoms with Crippen molar-refractivity contribution < 1.29 is 9.72 Å². The van der Waals surface area contributed by atoms with Gasteiger partial charge in [0.1, 0.15) is 18.4 Å². The van der Waals surface area contributed by atoms with E-state index in [1.54, 1.807) is 0 Å². The van der Waals surface area contributed by atoms with E-state index in [-0.39, 0.29) is 17.9 Å². The zero-order valence-corrected chi connectivity index (χ0v) is 6.93. The molecule has 0 aliphatic rings. The summed E-state index contributed by atoms with van der Waals surface area (Å²) in [5, 5.41) is 14.1. The van der Waals surface area contributed by atoms with Crippen LogP contribution in [0.4, 0.5) is 5.69 Å². The van der Waals surface area contributed by atoms with E-state index in [1.807, 2.05) is 0 Å². The summed E-state index contributed by atoms with van der Waals surface area (Å²) in [4.78, 5) is 20.3. The Kier molecular flexibility index (Phi) is 2.27. The van der Waals surface area contributed by atoms with Gasteiger partial charge in [0, 0.05) is 0 Å². The van der Waals surface area contributed by atoms with Gasteiger partial charge in [-0.15, -0.1) is 0 Å². The van der Waals surface area contributed by atoms with Crippen LogP contribution < -0.4 is 5.73 Å². The summed E-state index contributed by atoms with van der Waals surface area (Å²) < 4.78 is 1.15. The van der Waals surface area contributed by atoms with Crippen molar-refractivity contribution in [2.45, 2.75) is 13.5 Å². The van der Waals surface area contributed by atoms with E-state index in [9.17, 15) is 14.9 Å². The van der Waals surface area contributed by atoms with Crippen molar-refractivity contribution in [1.29, 1.82) is 0 Å². The molecule has 0 aliphatic carbocycles. The predicted octanol–water partition coefficient (Wildman–Crippen LogP) is -0.415. The number of aryl methyl sites for hydroxylation is 1. The molecule has 0 saturated heterocycles. The molecule has 0 fully saturated rings. The second-order valence-electron chi connectivity index (χ2n) is 2.52. The molecule has 1 amide bonds. The molecule has 0 unspecified atom stereocenters. The molecule has 7 heteroatoms.